The van der Waals surface area contributed by atoms with Crippen molar-refractivity contribution in [1.29, 1.82) is 5.26 Å². The predicted molar refractivity (Wildman–Crippen MR) is 168 cm³/mol. The van der Waals surface area contributed by atoms with Crippen molar-refractivity contribution in [3.63, 3.8) is 0 Å². The van der Waals surface area contributed by atoms with Crippen molar-refractivity contribution in [1.82, 2.24) is 25.3 Å². The first-order chi connectivity index (χ1) is 20.6. The third kappa shape index (κ3) is 5.71. The molecule has 1 aliphatic rings. The predicted octanol–water partition coefficient (Wildman–Crippen LogP) is 6.33. The molecule has 0 amide bonds. The molecule has 9 nitrogen and oxygen atoms in total. The topological polar surface area (TPSA) is 115 Å². The lowest BCUT2D eigenvalue weighted by molar-refractivity contribution is 0.424. The highest BCUT2D eigenvalue weighted by molar-refractivity contribution is 5.98. The van der Waals surface area contributed by atoms with E-state index in [1.54, 1.807) is 18.6 Å². The number of fused-ring (bicyclic) bond motifs is 1. The molecule has 4 heterocycles. The third-order valence-electron chi connectivity index (χ3n) is 7.63. The molecule has 3 N–H and O–H groups in total. The van der Waals surface area contributed by atoms with Crippen molar-refractivity contribution in [3.05, 3.63) is 90.4 Å². The highest BCUT2D eigenvalue weighted by atomic mass is 15.2. The van der Waals surface area contributed by atoms with Gasteiger partial charge in [-0.15, -0.1) is 0 Å². The minimum Gasteiger partial charge on any atom is -0.370 e. The normalized spacial score (nSPS) is 13.6. The van der Waals surface area contributed by atoms with Gasteiger partial charge in [0.25, 0.3) is 0 Å². The van der Waals surface area contributed by atoms with Gasteiger partial charge in [-0.3, -0.25) is 4.98 Å². The number of nitriles is 1. The van der Waals surface area contributed by atoms with Gasteiger partial charge in [0, 0.05) is 60.0 Å². The Morgan fingerprint density at radius 1 is 0.976 bits per heavy atom. The summed E-state index contributed by atoms with van der Waals surface area (Å²) in [5.41, 5.74) is 6.85. The molecule has 210 valence electrons. The van der Waals surface area contributed by atoms with Crippen LogP contribution in [-0.4, -0.2) is 45.6 Å². The average molecular weight is 556 g/mol. The summed E-state index contributed by atoms with van der Waals surface area (Å²) in [5, 5.41) is 21.7. The second-order valence-electron chi connectivity index (χ2n) is 10.4. The molecule has 1 aliphatic heterocycles. The van der Waals surface area contributed by atoms with Crippen molar-refractivity contribution in [2.45, 2.75) is 32.7 Å². The smallest absolute Gasteiger partial charge is 0.227 e. The molecular weight excluding hydrogens is 522 g/mol. The van der Waals surface area contributed by atoms with Gasteiger partial charge in [0.1, 0.15) is 11.6 Å². The molecule has 0 radical (unpaired) electrons. The van der Waals surface area contributed by atoms with Gasteiger partial charge in [0.2, 0.25) is 5.95 Å². The van der Waals surface area contributed by atoms with Crippen LogP contribution in [0.3, 0.4) is 0 Å². The zero-order chi connectivity index (χ0) is 28.9. The van der Waals surface area contributed by atoms with Gasteiger partial charge in [0.15, 0.2) is 5.82 Å². The zero-order valence-corrected chi connectivity index (χ0v) is 23.8. The molecular formula is C33H33N9. The van der Waals surface area contributed by atoms with Crippen molar-refractivity contribution in [3.8, 4) is 17.3 Å². The molecule has 1 fully saturated rings. The van der Waals surface area contributed by atoms with Gasteiger partial charge in [-0.2, -0.15) is 5.26 Å². The van der Waals surface area contributed by atoms with E-state index in [-0.39, 0.29) is 0 Å². The lowest BCUT2D eigenvalue weighted by Crippen LogP contribution is -2.42. The number of benzene rings is 2. The summed E-state index contributed by atoms with van der Waals surface area (Å²) in [5.74, 6) is 1.07. The van der Waals surface area contributed by atoms with E-state index in [9.17, 15) is 5.26 Å². The standard InChI is InChI=1S/C33H33N9/c1-3-36-24-13-17-42(18-14-24)31-26-8-4-5-9-30(26)39-32(27(31)20-34)38-25-10-11-28(22(2)19-25)40-33-37-16-12-29(41-33)23-7-6-15-35-21-23/h4-12,15-16,19,21,24,36H,3,13-14,17-18H2,1-2H3,(H,38,39)(H,37,40,41). The van der Waals surface area contributed by atoms with Gasteiger partial charge in [0.05, 0.1) is 16.9 Å². The van der Waals surface area contributed by atoms with Gasteiger partial charge < -0.3 is 20.9 Å². The van der Waals surface area contributed by atoms with E-state index >= 15 is 0 Å². The summed E-state index contributed by atoms with van der Waals surface area (Å²) in [6, 6.07) is 22.8. The van der Waals surface area contributed by atoms with Crippen LogP contribution < -0.4 is 20.9 Å². The molecule has 9 heteroatoms. The maximum absolute atomic E-state index is 10.4. The molecule has 1 saturated heterocycles. The summed E-state index contributed by atoms with van der Waals surface area (Å²) in [4.78, 5) is 20.5. The van der Waals surface area contributed by atoms with Gasteiger partial charge in [-0.1, -0.05) is 25.1 Å². The maximum Gasteiger partial charge on any atom is 0.227 e. The molecule has 0 unspecified atom stereocenters. The lowest BCUT2D eigenvalue weighted by atomic mass is 10.0. The number of hydrogen-bond donors (Lipinski definition) is 3. The molecule has 0 aliphatic carbocycles. The van der Waals surface area contributed by atoms with Gasteiger partial charge in [-0.25, -0.2) is 15.0 Å². The number of nitrogens with zero attached hydrogens (tertiary/aromatic N) is 6. The first kappa shape index (κ1) is 27.1. The Morgan fingerprint density at radius 2 is 1.83 bits per heavy atom. The molecule has 0 atom stereocenters. The number of pyridine rings is 2. The molecule has 0 bridgehead atoms. The van der Waals surface area contributed by atoms with Crippen molar-refractivity contribution < 1.29 is 0 Å². The number of piperidine rings is 1. The van der Waals surface area contributed by atoms with E-state index in [0.29, 0.717) is 23.4 Å². The van der Waals surface area contributed by atoms with Crippen LogP contribution in [0.1, 0.15) is 30.9 Å². The Kier molecular flexibility index (Phi) is 7.88. The van der Waals surface area contributed by atoms with Crippen LogP contribution in [0, 0.1) is 18.3 Å². The number of hydrogen-bond acceptors (Lipinski definition) is 9. The van der Waals surface area contributed by atoms with E-state index in [0.717, 1.165) is 77.3 Å². The fraction of sp³-hybridized carbons (Fsp3) is 0.242. The molecule has 6 rings (SSSR count). The minimum absolute atomic E-state index is 0.505. The fourth-order valence-electron chi connectivity index (χ4n) is 5.55. The first-order valence-corrected chi connectivity index (χ1v) is 14.3. The first-order valence-electron chi connectivity index (χ1n) is 14.3. The zero-order valence-electron chi connectivity index (χ0n) is 23.8. The number of aryl methyl sites for hydroxylation is 1. The number of rotatable bonds is 8. The van der Waals surface area contributed by atoms with Crippen LogP contribution in [0.25, 0.3) is 22.2 Å². The Bertz CT molecular complexity index is 1740. The van der Waals surface area contributed by atoms with E-state index in [1.165, 1.54) is 0 Å². The van der Waals surface area contributed by atoms with E-state index in [2.05, 4.69) is 54.9 Å². The molecule has 2 aromatic carbocycles. The molecule has 42 heavy (non-hydrogen) atoms. The van der Waals surface area contributed by atoms with E-state index < -0.39 is 0 Å². The Morgan fingerprint density at radius 3 is 2.60 bits per heavy atom. The van der Waals surface area contributed by atoms with Crippen LogP contribution >= 0.6 is 0 Å². The SMILES string of the molecule is CCNC1CCN(c2c(C#N)c(Nc3ccc(Nc4nccc(-c5cccnc5)n4)c(C)c3)nc3ccccc23)CC1. The van der Waals surface area contributed by atoms with Crippen LogP contribution in [0.4, 0.5) is 28.8 Å². The third-order valence-corrected chi connectivity index (χ3v) is 7.63. The van der Waals surface area contributed by atoms with Crippen LogP contribution in [0.15, 0.2) is 79.3 Å². The monoisotopic (exact) mass is 555 g/mol. The minimum atomic E-state index is 0.505. The molecule has 0 spiro atoms. The largest absolute Gasteiger partial charge is 0.370 e. The van der Waals surface area contributed by atoms with Gasteiger partial charge >= 0.3 is 0 Å². The van der Waals surface area contributed by atoms with Crippen LogP contribution in [-0.2, 0) is 0 Å². The Hall–Kier alpha value is -5.07. The summed E-state index contributed by atoms with van der Waals surface area (Å²) in [6.45, 7) is 6.93. The number of para-hydroxylation sites is 1. The van der Waals surface area contributed by atoms with E-state index in [4.69, 9.17) is 4.98 Å². The highest BCUT2D eigenvalue weighted by Crippen LogP contribution is 2.37. The van der Waals surface area contributed by atoms with Gasteiger partial charge in [-0.05, 0) is 74.3 Å². The second kappa shape index (κ2) is 12.2. The van der Waals surface area contributed by atoms with Crippen LogP contribution in [0.5, 0.6) is 0 Å². The average Bonchev–Trinajstić information content (AvgIpc) is 3.03. The summed E-state index contributed by atoms with van der Waals surface area (Å²) < 4.78 is 0. The second-order valence-corrected chi connectivity index (χ2v) is 10.4. The Labute approximate surface area is 245 Å². The quantitative estimate of drug-likeness (QED) is 0.202. The van der Waals surface area contributed by atoms with Crippen molar-refractivity contribution in [2.75, 3.05) is 35.2 Å². The highest BCUT2D eigenvalue weighted by Gasteiger charge is 2.25. The number of nitrogens with one attached hydrogen (secondary N) is 3. The number of aromatic nitrogens is 4. The summed E-state index contributed by atoms with van der Waals surface area (Å²) in [6.07, 6.45) is 7.34. The molecule has 3 aromatic heterocycles. The molecule has 5 aromatic rings. The summed E-state index contributed by atoms with van der Waals surface area (Å²) in [7, 11) is 0. The van der Waals surface area contributed by atoms with Crippen molar-refractivity contribution in [2.24, 2.45) is 0 Å². The van der Waals surface area contributed by atoms with Crippen LogP contribution in [0.2, 0.25) is 0 Å². The molecule has 0 saturated carbocycles. The maximum atomic E-state index is 10.4. The number of anilines is 5. The lowest BCUT2D eigenvalue weighted by Gasteiger charge is -2.35. The van der Waals surface area contributed by atoms with Crippen molar-refractivity contribution >= 4 is 39.7 Å². The Balaban J connectivity index is 1.27. The fourth-order valence-corrected chi connectivity index (χ4v) is 5.55. The summed E-state index contributed by atoms with van der Waals surface area (Å²) >= 11 is 0. The van der Waals surface area contributed by atoms with E-state index in [1.807, 2.05) is 61.5 Å².